The molecule has 4 heteroatoms. The van der Waals surface area contributed by atoms with Gasteiger partial charge < -0.3 is 4.74 Å². The predicted molar refractivity (Wildman–Crippen MR) is 59.6 cm³/mol. The molecule has 82 valence electrons. The fraction of sp³-hybridized carbons (Fsp3) is 0.900. The first-order valence-corrected chi connectivity index (χ1v) is 6.17. The Morgan fingerprint density at radius 2 is 2.43 bits per heavy atom. The third-order valence-corrected chi connectivity index (χ3v) is 4.01. The predicted octanol–water partition coefficient (Wildman–Crippen LogP) is 1.38. The van der Waals surface area contributed by atoms with Gasteiger partial charge in [-0.1, -0.05) is 0 Å². The quantitative estimate of drug-likeness (QED) is 0.665. The first-order valence-electron chi connectivity index (χ1n) is 5.01. The van der Waals surface area contributed by atoms with Crippen LogP contribution >= 0.6 is 11.8 Å². The van der Waals surface area contributed by atoms with Crippen molar-refractivity contribution in [2.75, 3.05) is 25.7 Å². The van der Waals surface area contributed by atoms with E-state index in [1.807, 2.05) is 11.8 Å². The van der Waals surface area contributed by atoms with Crippen molar-refractivity contribution in [1.29, 1.82) is 0 Å². The van der Waals surface area contributed by atoms with Gasteiger partial charge in [-0.3, -0.25) is 9.69 Å². The standard InChI is InChI=1S/C10H19NO2S/c1-8(6-10(12)13-3)11(2)9-4-5-14-7-9/h8-9H,4-7H2,1-3H3. The normalized spacial score (nSPS) is 23.9. The number of thioether (sulfide) groups is 1. The van der Waals surface area contributed by atoms with Crippen LogP contribution in [0.5, 0.6) is 0 Å². The molecule has 0 saturated carbocycles. The monoisotopic (exact) mass is 217 g/mol. The molecule has 1 aliphatic heterocycles. The van der Waals surface area contributed by atoms with Gasteiger partial charge in [0.2, 0.25) is 0 Å². The molecule has 2 unspecified atom stereocenters. The van der Waals surface area contributed by atoms with Gasteiger partial charge in [0.1, 0.15) is 0 Å². The van der Waals surface area contributed by atoms with Crippen molar-refractivity contribution in [3.8, 4) is 0 Å². The molecule has 0 aliphatic carbocycles. The molecular formula is C10H19NO2S. The maximum absolute atomic E-state index is 11.1. The van der Waals surface area contributed by atoms with E-state index in [0.29, 0.717) is 12.5 Å². The van der Waals surface area contributed by atoms with Gasteiger partial charge in [0.05, 0.1) is 13.5 Å². The minimum Gasteiger partial charge on any atom is -0.469 e. The lowest BCUT2D eigenvalue weighted by Crippen LogP contribution is -2.39. The van der Waals surface area contributed by atoms with Crippen molar-refractivity contribution in [2.24, 2.45) is 0 Å². The van der Waals surface area contributed by atoms with E-state index < -0.39 is 0 Å². The Morgan fingerprint density at radius 1 is 1.71 bits per heavy atom. The lowest BCUT2D eigenvalue weighted by atomic mass is 10.1. The molecule has 0 N–H and O–H groups in total. The summed E-state index contributed by atoms with van der Waals surface area (Å²) in [4.78, 5) is 13.4. The van der Waals surface area contributed by atoms with Crippen LogP contribution in [0.3, 0.4) is 0 Å². The Bertz CT molecular complexity index is 193. The van der Waals surface area contributed by atoms with E-state index >= 15 is 0 Å². The Labute approximate surface area is 90.2 Å². The molecule has 1 rings (SSSR count). The minimum atomic E-state index is -0.116. The fourth-order valence-electron chi connectivity index (χ4n) is 1.67. The van der Waals surface area contributed by atoms with Crippen LogP contribution in [-0.2, 0) is 9.53 Å². The third kappa shape index (κ3) is 3.17. The van der Waals surface area contributed by atoms with E-state index in [9.17, 15) is 4.79 Å². The van der Waals surface area contributed by atoms with Crippen LogP contribution in [-0.4, -0.2) is 48.6 Å². The third-order valence-electron chi connectivity index (χ3n) is 2.87. The van der Waals surface area contributed by atoms with Crippen molar-refractivity contribution < 1.29 is 9.53 Å². The van der Waals surface area contributed by atoms with Gasteiger partial charge in [-0.2, -0.15) is 11.8 Å². The topological polar surface area (TPSA) is 29.5 Å². The van der Waals surface area contributed by atoms with Crippen molar-refractivity contribution in [3.63, 3.8) is 0 Å². The summed E-state index contributed by atoms with van der Waals surface area (Å²) in [5.41, 5.74) is 0. The largest absolute Gasteiger partial charge is 0.469 e. The minimum absolute atomic E-state index is 0.116. The van der Waals surface area contributed by atoms with Crippen molar-refractivity contribution in [1.82, 2.24) is 4.90 Å². The summed E-state index contributed by atoms with van der Waals surface area (Å²) in [5.74, 6) is 2.33. The second kappa shape index (κ2) is 5.61. The Balaban J connectivity index is 2.34. The van der Waals surface area contributed by atoms with Gasteiger partial charge in [0, 0.05) is 17.8 Å². The zero-order valence-electron chi connectivity index (χ0n) is 9.16. The van der Waals surface area contributed by atoms with Gasteiger partial charge in [-0.25, -0.2) is 0 Å². The molecule has 14 heavy (non-hydrogen) atoms. The highest BCUT2D eigenvalue weighted by atomic mass is 32.2. The van der Waals surface area contributed by atoms with Crippen LogP contribution in [0.15, 0.2) is 0 Å². The average Bonchev–Trinajstić information content (AvgIpc) is 2.69. The molecule has 1 aliphatic rings. The summed E-state index contributed by atoms with van der Waals surface area (Å²) in [5, 5.41) is 0. The molecule has 1 fully saturated rings. The molecule has 0 aromatic heterocycles. The van der Waals surface area contributed by atoms with Crippen molar-refractivity contribution in [2.45, 2.75) is 31.8 Å². The molecule has 0 radical (unpaired) electrons. The van der Waals surface area contributed by atoms with Crippen molar-refractivity contribution in [3.05, 3.63) is 0 Å². The number of rotatable bonds is 4. The Morgan fingerprint density at radius 3 is 2.93 bits per heavy atom. The van der Waals surface area contributed by atoms with Gasteiger partial charge in [0.15, 0.2) is 0 Å². The molecule has 1 heterocycles. The second-order valence-electron chi connectivity index (χ2n) is 3.81. The number of ether oxygens (including phenoxy) is 1. The lowest BCUT2D eigenvalue weighted by Gasteiger charge is -2.29. The number of methoxy groups -OCH3 is 1. The molecule has 2 atom stereocenters. The molecular weight excluding hydrogens is 198 g/mol. The zero-order chi connectivity index (χ0) is 10.6. The zero-order valence-corrected chi connectivity index (χ0v) is 9.97. The van der Waals surface area contributed by atoms with E-state index in [2.05, 4.69) is 23.6 Å². The van der Waals surface area contributed by atoms with Crippen LogP contribution in [0.25, 0.3) is 0 Å². The molecule has 0 aromatic rings. The average molecular weight is 217 g/mol. The highest BCUT2D eigenvalue weighted by Crippen LogP contribution is 2.23. The molecule has 0 amide bonds. The molecule has 1 saturated heterocycles. The first-order chi connectivity index (χ1) is 6.65. The summed E-state index contributed by atoms with van der Waals surface area (Å²) in [6.45, 7) is 2.08. The van der Waals surface area contributed by atoms with E-state index in [4.69, 9.17) is 0 Å². The first kappa shape index (κ1) is 11.9. The molecule has 0 bridgehead atoms. The summed E-state index contributed by atoms with van der Waals surface area (Å²) >= 11 is 1.99. The molecule has 0 aromatic carbocycles. The SMILES string of the molecule is COC(=O)CC(C)N(C)C1CCSC1. The van der Waals surface area contributed by atoms with E-state index in [-0.39, 0.29) is 12.0 Å². The molecule has 0 spiro atoms. The highest BCUT2D eigenvalue weighted by Gasteiger charge is 2.24. The smallest absolute Gasteiger partial charge is 0.307 e. The summed E-state index contributed by atoms with van der Waals surface area (Å²) in [7, 11) is 3.55. The van der Waals surface area contributed by atoms with Crippen LogP contribution in [0, 0.1) is 0 Å². The summed E-state index contributed by atoms with van der Waals surface area (Å²) < 4.78 is 4.66. The lowest BCUT2D eigenvalue weighted by molar-refractivity contribution is -0.141. The Kier molecular flexibility index (Phi) is 4.75. The van der Waals surface area contributed by atoms with Crippen LogP contribution < -0.4 is 0 Å². The molecule has 3 nitrogen and oxygen atoms in total. The van der Waals surface area contributed by atoms with Gasteiger partial charge in [-0.05, 0) is 26.1 Å². The summed E-state index contributed by atoms with van der Waals surface area (Å²) in [6, 6.07) is 0.922. The van der Waals surface area contributed by atoms with Crippen molar-refractivity contribution >= 4 is 17.7 Å². The number of carbonyl (C=O) groups is 1. The fourth-order valence-corrected chi connectivity index (χ4v) is 2.95. The van der Waals surface area contributed by atoms with E-state index in [1.54, 1.807) is 0 Å². The van der Waals surface area contributed by atoms with Gasteiger partial charge in [0.25, 0.3) is 0 Å². The van der Waals surface area contributed by atoms with Crippen LogP contribution in [0.4, 0.5) is 0 Å². The summed E-state index contributed by atoms with van der Waals surface area (Å²) in [6.07, 6.45) is 1.74. The number of hydrogen-bond donors (Lipinski definition) is 0. The second-order valence-corrected chi connectivity index (χ2v) is 4.96. The maximum atomic E-state index is 11.1. The number of esters is 1. The number of hydrogen-bond acceptors (Lipinski definition) is 4. The number of carbonyl (C=O) groups excluding carboxylic acids is 1. The number of nitrogens with zero attached hydrogens (tertiary/aromatic N) is 1. The van der Waals surface area contributed by atoms with Crippen LogP contribution in [0.2, 0.25) is 0 Å². The van der Waals surface area contributed by atoms with E-state index in [1.165, 1.54) is 25.0 Å². The van der Waals surface area contributed by atoms with Gasteiger partial charge >= 0.3 is 5.97 Å². The van der Waals surface area contributed by atoms with Crippen LogP contribution in [0.1, 0.15) is 19.8 Å². The van der Waals surface area contributed by atoms with E-state index in [0.717, 1.165) is 0 Å². The van der Waals surface area contributed by atoms with Gasteiger partial charge in [-0.15, -0.1) is 0 Å². The Hall–Kier alpha value is -0.220. The highest BCUT2D eigenvalue weighted by molar-refractivity contribution is 7.99. The maximum Gasteiger partial charge on any atom is 0.307 e.